The van der Waals surface area contributed by atoms with E-state index in [1.807, 2.05) is 11.8 Å². The van der Waals surface area contributed by atoms with Gasteiger partial charge in [0.2, 0.25) is 5.13 Å². The van der Waals surface area contributed by atoms with E-state index in [4.69, 9.17) is 0 Å². The highest BCUT2D eigenvalue weighted by molar-refractivity contribution is 7.99. The van der Waals surface area contributed by atoms with Gasteiger partial charge in [0.1, 0.15) is 5.54 Å². The molecule has 0 radical (unpaired) electrons. The molecule has 1 spiro atoms. The van der Waals surface area contributed by atoms with Crippen LogP contribution in [0.5, 0.6) is 0 Å². The van der Waals surface area contributed by atoms with E-state index in [2.05, 4.69) is 10.3 Å². The molecule has 3 rings (SSSR count). The van der Waals surface area contributed by atoms with E-state index < -0.39 is 5.54 Å². The normalized spacial score (nSPS) is 23.2. The fourth-order valence-electron chi connectivity index (χ4n) is 2.18. The second-order valence-corrected chi connectivity index (χ2v) is 6.18. The number of thiazole rings is 1. The smallest absolute Gasteiger partial charge is 0.323 e. The first-order chi connectivity index (χ1) is 8.23. The lowest BCUT2D eigenvalue weighted by Gasteiger charge is -2.29. The lowest BCUT2D eigenvalue weighted by atomic mass is 9.92. The number of imide groups is 1. The van der Waals surface area contributed by atoms with Gasteiger partial charge in [0, 0.05) is 11.6 Å². The summed E-state index contributed by atoms with van der Waals surface area (Å²) in [6, 6.07) is -0.336. The van der Waals surface area contributed by atoms with Crippen molar-refractivity contribution in [3.05, 3.63) is 11.6 Å². The zero-order chi connectivity index (χ0) is 11.9. The topological polar surface area (TPSA) is 62.3 Å². The molecule has 7 heteroatoms. The summed E-state index contributed by atoms with van der Waals surface area (Å²) in [7, 11) is 0. The summed E-state index contributed by atoms with van der Waals surface area (Å²) in [6.45, 7) is 0. The molecule has 3 heterocycles. The van der Waals surface area contributed by atoms with Crippen molar-refractivity contribution in [2.75, 3.05) is 16.4 Å². The Morgan fingerprint density at radius 2 is 2.12 bits per heavy atom. The van der Waals surface area contributed by atoms with E-state index >= 15 is 0 Å². The van der Waals surface area contributed by atoms with Gasteiger partial charge in [-0.2, -0.15) is 11.8 Å². The molecule has 2 aliphatic heterocycles. The molecular weight excluding hydrogens is 258 g/mol. The van der Waals surface area contributed by atoms with Crippen molar-refractivity contribution in [3.8, 4) is 0 Å². The molecule has 3 amide bonds. The van der Waals surface area contributed by atoms with Crippen molar-refractivity contribution in [1.82, 2.24) is 10.3 Å². The number of rotatable bonds is 1. The van der Waals surface area contributed by atoms with Crippen LogP contribution < -0.4 is 10.2 Å². The van der Waals surface area contributed by atoms with Gasteiger partial charge in [-0.15, -0.1) is 11.3 Å². The summed E-state index contributed by atoms with van der Waals surface area (Å²) in [6.07, 6.45) is 3.02. The summed E-state index contributed by atoms with van der Waals surface area (Å²) in [5.41, 5.74) is -0.673. The second kappa shape index (κ2) is 3.99. The molecule has 2 saturated heterocycles. The van der Waals surface area contributed by atoms with Gasteiger partial charge < -0.3 is 5.32 Å². The van der Waals surface area contributed by atoms with Crippen molar-refractivity contribution in [3.63, 3.8) is 0 Å². The number of amides is 3. The van der Waals surface area contributed by atoms with Crippen LogP contribution in [0.4, 0.5) is 9.93 Å². The minimum atomic E-state index is -0.673. The van der Waals surface area contributed by atoms with Crippen LogP contribution in [0.25, 0.3) is 0 Å². The largest absolute Gasteiger partial charge is 0.331 e. The van der Waals surface area contributed by atoms with Crippen molar-refractivity contribution in [1.29, 1.82) is 0 Å². The number of thioether (sulfide) groups is 1. The Hall–Kier alpha value is -1.08. The third kappa shape index (κ3) is 1.64. The van der Waals surface area contributed by atoms with E-state index in [1.165, 1.54) is 16.2 Å². The van der Waals surface area contributed by atoms with E-state index in [0.717, 1.165) is 11.5 Å². The molecule has 0 saturated carbocycles. The minimum absolute atomic E-state index is 0.141. The summed E-state index contributed by atoms with van der Waals surface area (Å²) in [4.78, 5) is 29.5. The van der Waals surface area contributed by atoms with Gasteiger partial charge in [-0.25, -0.2) is 14.7 Å². The van der Waals surface area contributed by atoms with Crippen molar-refractivity contribution in [2.45, 2.75) is 18.4 Å². The molecule has 17 heavy (non-hydrogen) atoms. The second-order valence-electron chi connectivity index (χ2n) is 4.08. The zero-order valence-electron chi connectivity index (χ0n) is 9.01. The van der Waals surface area contributed by atoms with E-state index in [1.54, 1.807) is 11.6 Å². The number of nitrogens with one attached hydrogen (secondary N) is 1. The minimum Gasteiger partial charge on any atom is -0.323 e. The number of hydrogen-bond acceptors (Lipinski definition) is 5. The Morgan fingerprint density at radius 3 is 2.76 bits per heavy atom. The Balaban J connectivity index is 1.93. The Kier molecular flexibility index (Phi) is 2.59. The van der Waals surface area contributed by atoms with Crippen LogP contribution in [-0.4, -0.2) is 34.0 Å². The van der Waals surface area contributed by atoms with Gasteiger partial charge >= 0.3 is 6.03 Å². The third-order valence-corrected chi connectivity index (χ3v) is 4.86. The van der Waals surface area contributed by atoms with E-state index in [0.29, 0.717) is 18.0 Å². The average Bonchev–Trinajstić information content (AvgIpc) is 2.90. The lowest BCUT2D eigenvalue weighted by Crippen LogP contribution is -2.49. The monoisotopic (exact) mass is 269 g/mol. The predicted molar refractivity (Wildman–Crippen MR) is 67.4 cm³/mol. The predicted octanol–water partition coefficient (Wildman–Crippen LogP) is 1.47. The molecule has 2 fully saturated rings. The van der Waals surface area contributed by atoms with E-state index in [-0.39, 0.29) is 11.9 Å². The van der Waals surface area contributed by atoms with Gasteiger partial charge in [0.25, 0.3) is 5.91 Å². The maximum atomic E-state index is 12.4. The summed E-state index contributed by atoms with van der Waals surface area (Å²) in [5.74, 6) is 1.69. The standard InChI is InChI=1S/C10H11N3O2S2/c14-7-10(1-4-16-5-2-10)12-8(15)13(7)9-11-3-6-17-9/h3,6H,1-2,4-5H2,(H,12,15). The molecule has 0 aromatic carbocycles. The quantitative estimate of drug-likeness (QED) is 0.784. The molecule has 5 nitrogen and oxygen atoms in total. The highest BCUT2D eigenvalue weighted by atomic mass is 32.2. The van der Waals surface area contributed by atoms with Crippen LogP contribution in [0, 0.1) is 0 Å². The van der Waals surface area contributed by atoms with Gasteiger partial charge in [-0.1, -0.05) is 0 Å². The maximum Gasteiger partial charge on any atom is 0.331 e. The van der Waals surface area contributed by atoms with Crippen LogP contribution in [-0.2, 0) is 4.79 Å². The lowest BCUT2D eigenvalue weighted by molar-refractivity contribution is -0.122. The molecular formula is C10H11N3O2S2. The summed E-state index contributed by atoms with van der Waals surface area (Å²) >= 11 is 3.13. The summed E-state index contributed by atoms with van der Waals surface area (Å²) < 4.78 is 0. The number of urea groups is 1. The van der Waals surface area contributed by atoms with Crippen LogP contribution in [0.15, 0.2) is 11.6 Å². The number of nitrogens with zero attached hydrogens (tertiary/aromatic N) is 2. The molecule has 1 aromatic rings. The highest BCUT2D eigenvalue weighted by Crippen LogP contribution is 2.35. The highest BCUT2D eigenvalue weighted by Gasteiger charge is 2.52. The fourth-order valence-corrected chi connectivity index (χ4v) is 4.01. The van der Waals surface area contributed by atoms with Crippen LogP contribution in [0.3, 0.4) is 0 Å². The van der Waals surface area contributed by atoms with Gasteiger partial charge in [-0.3, -0.25) is 4.79 Å². The van der Waals surface area contributed by atoms with Crippen LogP contribution in [0.2, 0.25) is 0 Å². The number of anilines is 1. The van der Waals surface area contributed by atoms with Crippen molar-refractivity contribution < 1.29 is 9.59 Å². The third-order valence-electron chi connectivity index (χ3n) is 3.12. The average molecular weight is 269 g/mol. The van der Waals surface area contributed by atoms with E-state index in [9.17, 15) is 9.59 Å². The first-order valence-corrected chi connectivity index (χ1v) is 7.40. The Bertz CT molecular complexity index is 454. The van der Waals surface area contributed by atoms with Crippen molar-refractivity contribution in [2.24, 2.45) is 0 Å². The molecule has 1 aromatic heterocycles. The SMILES string of the molecule is O=C1NC2(CCSCC2)C(=O)N1c1nccs1. The maximum absolute atomic E-state index is 12.4. The molecule has 2 aliphatic rings. The van der Waals surface area contributed by atoms with Gasteiger partial charge in [-0.05, 0) is 24.3 Å². The molecule has 0 bridgehead atoms. The Morgan fingerprint density at radius 1 is 1.35 bits per heavy atom. The first-order valence-electron chi connectivity index (χ1n) is 5.37. The molecule has 1 N–H and O–H groups in total. The number of carbonyl (C=O) groups excluding carboxylic acids is 2. The van der Waals surface area contributed by atoms with Crippen LogP contribution in [0.1, 0.15) is 12.8 Å². The molecule has 0 unspecified atom stereocenters. The molecule has 0 atom stereocenters. The molecule has 0 aliphatic carbocycles. The first kappa shape index (κ1) is 11.0. The van der Waals surface area contributed by atoms with Crippen LogP contribution >= 0.6 is 23.1 Å². The van der Waals surface area contributed by atoms with Gasteiger partial charge in [0.05, 0.1) is 0 Å². The number of aromatic nitrogens is 1. The van der Waals surface area contributed by atoms with Crippen molar-refractivity contribution >= 4 is 40.2 Å². The fraction of sp³-hybridized carbons (Fsp3) is 0.500. The number of carbonyl (C=O) groups is 2. The van der Waals surface area contributed by atoms with Gasteiger partial charge in [0.15, 0.2) is 0 Å². The Labute approximate surface area is 107 Å². The zero-order valence-corrected chi connectivity index (χ0v) is 10.6. The summed E-state index contributed by atoms with van der Waals surface area (Å²) in [5, 5.41) is 5.07. The number of hydrogen-bond donors (Lipinski definition) is 1. The molecule has 90 valence electrons.